The Morgan fingerprint density at radius 2 is 1.66 bits per heavy atom. The number of amides is 2. The maximum Gasteiger partial charge on any atom is 0.260 e. The Morgan fingerprint density at radius 1 is 0.931 bits per heavy atom. The molecule has 1 aromatic heterocycles. The molecule has 1 N–H and O–H groups in total. The summed E-state index contributed by atoms with van der Waals surface area (Å²) in [5, 5.41) is 11.3. The molecule has 0 fully saturated rings. The second-order valence-electron chi connectivity index (χ2n) is 6.83. The Bertz CT molecular complexity index is 1200. The first-order valence-corrected chi connectivity index (χ1v) is 9.29. The summed E-state index contributed by atoms with van der Waals surface area (Å²) < 4.78 is 1.56. The smallest absolute Gasteiger partial charge is 0.260 e. The third kappa shape index (κ3) is 2.93. The number of hydrogen-bond acceptors (Lipinski definition) is 4. The van der Waals surface area contributed by atoms with Crippen LogP contribution in [0.1, 0.15) is 16.4 Å². The molecule has 29 heavy (non-hydrogen) atoms. The highest BCUT2D eigenvalue weighted by Gasteiger charge is 2.35. The fraction of sp³-hybridized carbons (Fsp3) is 0.0909. The lowest BCUT2D eigenvalue weighted by Crippen LogP contribution is -2.39. The molecular weight excluding hydrogens is 366 g/mol. The van der Waals surface area contributed by atoms with Crippen molar-refractivity contribution >= 4 is 34.2 Å². The number of nitrogens with one attached hydrogen (secondary N) is 1. The van der Waals surface area contributed by atoms with Crippen molar-refractivity contribution in [3.05, 3.63) is 84.4 Å². The van der Waals surface area contributed by atoms with Gasteiger partial charge in [0, 0.05) is 11.4 Å². The zero-order chi connectivity index (χ0) is 19.8. The van der Waals surface area contributed by atoms with Crippen LogP contribution in [0.15, 0.2) is 78.9 Å². The van der Waals surface area contributed by atoms with Gasteiger partial charge in [-0.15, -0.1) is 5.10 Å². The van der Waals surface area contributed by atoms with Crippen molar-refractivity contribution in [3.63, 3.8) is 0 Å². The van der Waals surface area contributed by atoms with Gasteiger partial charge < -0.3 is 10.2 Å². The molecule has 0 spiro atoms. The standard InChI is InChI=1S/C22H17N5O2/c28-21(23-15-8-3-1-4-9-15)19-14-26(16-10-5-2-6-11-16)22(29)17-12-7-13-18-20(17)27(19)25-24-18/h1-13,19H,14H2,(H,23,28). The minimum Gasteiger partial charge on any atom is -0.324 e. The van der Waals surface area contributed by atoms with E-state index in [1.54, 1.807) is 27.8 Å². The summed E-state index contributed by atoms with van der Waals surface area (Å²) in [7, 11) is 0. The van der Waals surface area contributed by atoms with Gasteiger partial charge in [0.1, 0.15) is 11.0 Å². The minimum absolute atomic E-state index is 0.147. The highest BCUT2D eigenvalue weighted by Crippen LogP contribution is 2.30. The van der Waals surface area contributed by atoms with Crippen molar-refractivity contribution in [1.29, 1.82) is 0 Å². The van der Waals surface area contributed by atoms with E-state index in [4.69, 9.17) is 0 Å². The van der Waals surface area contributed by atoms with Crippen LogP contribution in [0.2, 0.25) is 0 Å². The molecule has 5 rings (SSSR count). The molecule has 2 amide bonds. The number of carbonyl (C=O) groups is 2. The normalized spacial score (nSPS) is 15.9. The molecule has 142 valence electrons. The van der Waals surface area contributed by atoms with Crippen LogP contribution in [0.5, 0.6) is 0 Å². The lowest BCUT2D eigenvalue weighted by Gasteiger charge is -2.25. The maximum atomic E-state index is 13.4. The number of carbonyl (C=O) groups excluding carboxylic acids is 2. The summed E-state index contributed by atoms with van der Waals surface area (Å²) in [6.07, 6.45) is 0. The molecule has 3 aromatic carbocycles. The van der Waals surface area contributed by atoms with E-state index < -0.39 is 6.04 Å². The maximum absolute atomic E-state index is 13.4. The van der Waals surface area contributed by atoms with Crippen LogP contribution in [-0.2, 0) is 4.79 Å². The molecule has 0 saturated heterocycles. The summed E-state index contributed by atoms with van der Waals surface area (Å²) in [6.45, 7) is 0.147. The van der Waals surface area contributed by atoms with Gasteiger partial charge in [-0.05, 0) is 36.4 Å². The molecule has 1 aliphatic heterocycles. The number of para-hydroxylation sites is 3. The third-order valence-electron chi connectivity index (χ3n) is 5.03. The van der Waals surface area contributed by atoms with Crippen LogP contribution in [0.25, 0.3) is 11.0 Å². The average molecular weight is 383 g/mol. The Hall–Kier alpha value is -4.00. The van der Waals surface area contributed by atoms with Gasteiger partial charge in [0.25, 0.3) is 11.8 Å². The third-order valence-corrected chi connectivity index (χ3v) is 5.03. The summed E-state index contributed by atoms with van der Waals surface area (Å²) in [4.78, 5) is 28.2. The molecule has 2 heterocycles. The second kappa shape index (κ2) is 6.87. The topological polar surface area (TPSA) is 80.1 Å². The van der Waals surface area contributed by atoms with Crippen molar-refractivity contribution < 1.29 is 9.59 Å². The van der Waals surface area contributed by atoms with Crippen molar-refractivity contribution in [1.82, 2.24) is 15.0 Å². The van der Waals surface area contributed by atoms with E-state index in [1.807, 2.05) is 60.7 Å². The minimum atomic E-state index is -0.729. The monoisotopic (exact) mass is 383 g/mol. The molecule has 4 aromatic rings. The zero-order valence-corrected chi connectivity index (χ0v) is 15.4. The molecule has 0 bridgehead atoms. The SMILES string of the molecule is O=C(Nc1ccccc1)C1CN(c2ccccc2)C(=O)c2cccc3nnn1c23. The Morgan fingerprint density at radius 3 is 2.41 bits per heavy atom. The molecule has 1 aliphatic rings. The highest BCUT2D eigenvalue weighted by molar-refractivity contribution is 6.14. The Balaban J connectivity index is 1.63. The fourth-order valence-electron chi connectivity index (χ4n) is 3.63. The first-order chi connectivity index (χ1) is 14.2. The number of aromatic nitrogens is 3. The molecular formula is C22H17N5O2. The van der Waals surface area contributed by atoms with Crippen molar-refractivity contribution in [2.24, 2.45) is 0 Å². The second-order valence-corrected chi connectivity index (χ2v) is 6.83. The van der Waals surface area contributed by atoms with Crippen molar-refractivity contribution in [3.8, 4) is 0 Å². The Kier molecular flexibility index (Phi) is 4.05. The highest BCUT2D eigenvalue weighted by atomic mass is 16.2. The number of anilines is 2. The van der Waals surface area contributed by atoms with Gasteiger partial charge in [0.2, 0.25) is 0 Å². The average Bonchev–Trinajstić information content (AvgIpc) is 3.14. The molecule has 0 aliphatic carbocycles. The van der Waals surface area contributed by atoms with E-state index >= 15 is 0 Å². The summed E-state index contributed by atoms with van der Waals surface area (Å²) in [6, 6.07) is 23.2. The molecule has 0 saturated carbocycles. The van der Waals surface area contributed by atoms with E-state index in [2.05, 4.69) is 15.6 Å². The van der Waals surface area contributed by atoms with Gasteiger partial charge in [0.15, 0.2) is 6.04 Å². The van der Waals surface area contributed by atoms with Crippen LogP contribution >= 0.6 is 0 Å². The van der Waals surface area contributed by atoms with Gasteiger partial charge in [-0.2, -0.15) is 0 Å². The number of rotatable bonds is 3. The van der Waals surface area contributed by atoms with E-state index in [0.29, 0.717) is 22.3 Å². The number of hydrogen-bond donors (Lipinski definition) is 1. The van der Waals surface area contributed by atoms with E-state index in [9.17, 15) is 9.59 Å². The molecule has 0 radical (unpaired) electrons. The molecule has 7 nitrogen and oxygen atoms in total. The van der Waals surface area contributed by atoms with Crippen LogP contribution in [0.3, 0.4) is 0 Å². The summed E-state index contributed by atoms with van der Waals surface area (Å²) >= 11 is 0. The fourth-order valence-corrected chi connectivity index (χ4v) is 3.63. The number of nitrogens with zero attached hydrogens (tertiary/aromatic N) is 4. The van der Waals surface area contributed by atoms with Gasteiger partial charge >= 0.3 is 0 Å². The molecule has 1 unspecified atom stereocenters. The van der Waals surface area contributed by atoms with Crippen LogP contribution in [0, 0.1) is 0 Å². The van der Waals surface area contributed by atoms with Crippen molar-refractivity contribution in [2.75, 3.05) is 16.8 Å². The Labute approximate surface area is 166 Å². The lowest BCUT2D eigenvalue weighted by atomic mass is 10.1. The van der Waals surface area contributed by atoms with Crippen LogP contribution < -0.4 is 10.2 Å². The van der Waals surface area contributed by atoms with Gasteiger partial charge in [-0.1, -0.05) is 47.7 Å². The first-order valence-electron chi connectivity index (χ1n) is 9.29. The van der Waals surface area contributed by atoms with Crippen LogP contribution in [0.4, 0.5) is 11.4 Å². The van der Waals surface area contributed by atoms with E-state index in [1.165, 1.54) is 0 Å². The van der Waals surface area contributed by atoms with Gasteiger partial charge in [-0.25, -0.2) is 4.68 Å². The number of benzene rings is 3. The van der Waals surface area contributed by atoms with Crippen molar-refractivity contribution in [2.45, 2.75) is 6.04 Å². The largest absolute Gasteiger partial charge is 0.324 e. The molecule has 1 atom stereocenters. The summed E-state index contributed by atoms with van der Waals surface area (Å²) in [5.74, 6) is -0.436. The summed E-state index contributed by atoms with van der Waals surface area (Å²) in [5.41, 5.74) is 3.05. The van der Waals surface area contributed by atoms with Gasteiger partial charge in [0.05, 0.1) is 12.1 Å². The quantitative estimate of drug-likeness (QED) is 0.589. The molecule has 7 heteroatoms. The predicted octanol–water partition coefficient (Wildman–Crippen LogP) is 3.27. The zero-order valence-electron chi connectivity index (χ0n) is 15.4. The predicted molar refractivity (Wildman–Crippen MR) is 110 cm³/mol. The van der Waals surface area contributed by atoms with E-state index in [0.717, 1.165) is 5.69 Å². The van der Waals surface area contributed by atoms with Crippen LogP contribution in [-0.4, -0.2) is 33.4 Å². The van der Waals surface area contributed by atoms with E-state index in [-0.39, 0.29) is 18.4 Å². The first kappa shape index (κ1) is 17.1. The van der Waals surface area contributed by atoms with Gasteiger partial charge in [-0.3, -0.25) is 9.59 Å². The lowest BCUT2D eigenvalue weighted by molar-refractivity contribution is -0.119.